The van der Waals surface area contributed by atoms with E-state index in [9.17, 15) is 0 Å². The number of hydrogen-bond acceptors (Lipinski definition) is 3. The third-order valence-corrected chi connectivity index (χ3v) is 4.39. The van der Waals surface area contributed by atoms with Crippen LogP contribution in [-0.2, 0) is 0 Å². The maximum Gasteiger partial charge on any atom is 0.126 e. The lowest BCUT2D eigenvalue weighted by Crippen LogP contribution is -1.88. The van der Waals surface area contributed by atoms with Crippen molar-refractivity contribution >= 4 is 11.8 Å². The van der Waals surface area contributed by atoms with Crippen molar-refractivity contribution in [2.75, 3.05) is 12.4 Å². The Morgan fingerprint density at radius 2 is 1.82 bits per heavy atom. The first-order valence-corrected chi connectivity index (χ1v) is 8.22. The van der Waals surface area contributed by atoms with Crippen LogP contribution in [-0.4, -0.2) is 27.7 Å². The summed E-state index contributed by atoms with van der Waals surface area (Å²) in [5.74, 6) is 0.637. The Bertz CT molecular complexity index is 753. The van der Waals surface area contributed by atoms with Crippen molar-refractivity contribution in [1.82, 2.24) is 10.2 Å². The number of thioether (sulfide) groups is 1. The summed E-state index contributed by atoms with van der Waals surface area (Å²) in [5, 5.41) is 17.7. The third-order valence-electron chi connectivity index (χ3n) is 3.43. The smallest absolute Gasteiger partial charge is 0.126 e. The van der Waals surface area contributed by atoms with Crippen molar-refractivity contribution < 1.29 is 5.11 Å². The zero-order valence-corrected chi connectivity index (χ0v) is 13.2. The molecule has 1 aromatic heterocycles. The average Bonchev–Trinajstić information content (AvgIpc) is 2.97. The highest BCUT2D eigenvalue weighted by Gasteiger charge is 2.16. The summed E-state index contributed by atoms with van der Waals surface area (Å²) in [7, 11) is 0. The van der Waals surface area contributed by atoms with Crippen LogP contribution < -0.4 is 0 Å². The van der Waals surface area contributed by atoms with Crippen LogP contribution in [0.4, 0.5) is 0 Å². The number of nitrogens with zero attached hydrogens (tertiary/aromatic N) is 1. The van der Waals surface area contributed by atoms with E-state index in [0.29, 0.717) is 5.75 Å². The lowest BCUT2D eigenvalue weighted by Gasteiger charge is -2.07. The summed E-state index contributed by atoms with van der Waals surface area (Å²) in [6.45, 7) is 2.23. The zero-order valence-electron chi connectivity index (χ0n) is 12.4. The maximum absolute atomic E-state index is 9.10. The quantitative estimate of drug-likeness (QED) is 0.696. The molecule has 0 spiro atoms. The fraction of sp³-hybridized carbons (Fsp3) is 0.167. The second-order valence-electron chi connectivity index (χ2n) is 5.09. The number of aromatic nitrogens is 2. The summed E-state index contributed by atoms with van der Waals surface area (Å²) < 4.78 is 0. The molecule has 4 heteroatoms. The topological polar surface area (TPSA) is 48.9 Å². The monoisotopic (exact) mass is 310 g/mol. The summed E-state index contributed by atoms with van der Waals surface area (Å²) in [6, 6.07) is 18.6. The van der Waals surface area contributed by atoms with Gasteiger partial charge in [0.15, 0.2) is 0 Å². The Morgan fingerprint density at radius 3 is 2.55 bits per heavy atom. The van der Waals surface area contributed by atoms with Crippen molar-refractivity contribution in [3.8, 4) is 22.4 Å². The first-order valence-electron chi connectivity index (χ1n) is 7.24. The lowest BCUT2D eigenvalue weighted by atomic mass is 10.0. The molecule has 2 N–H and O–H groups in total. The third kappa shape index (κ3) is 3.08. The number of benzene rings is 2. The number of aliphatic hydroxyl groups excluding tert-OH is 1. The predicted molar refractivity (Wildman–Crippen MR) is 92.0 cm³/mol. The lowest BCUT2D eigenvalue weighted by molar-refractivity contribution is 0.322. The fourth-order valence-corrected chi connectivity index (χ4v) is 3.21. The Kier molecular flexibility index (Phi) is 4.61. The Labute approximate surface area is 134 Å². The summed E-state index contributed by atoms with van der Waals surface area (Å²) in [6.07, 6.45) is 0. The van der Waals surface area contributed by atoms with Crippen molar-refractivity contribution in [3.05, 3.63) is 60.2 Å². The highest BCUT2D eigenvalue weighted by atomic mass is 32.2. The van der Waals surface area contributed by atoms with Gasteiger partial charge in [-0.1, -0.05) is 60.2 Å². The van der Waals surface area contributed by atoms with Gasteiger partial charge in [0.05, 0.1) is 12.3 Å². The Balaban J connectivity index is 2.13. The number of aromatic amines is 1. The van der Waals surface area contributed by atoms with Gasteiger partial charge in [0.2, 0.25) is 0 Å². The second kappa shape index (κ2) is 6.81. The number of H-pyrrole nitrogens is 1. The minimum Gasteiger partial charge on any atom is -0.396 e. The van der Waals surface area contributed by atoms with Gasteiger partial charge in [-0.25, -0.2) is 0 Å². The summed E-state index contributed by atoms with van der Waals surface area (Å²) >= 11 is 1.57. The van der Waals surface area contributed by atoms with Gasteiger partial charge in [0, 0.05) is 16.9 Å². The van der Waals surface area contributed by atoms with E-state index in [0.717, 1.165) is 27.4 Å². The van der Waals surface area contributed by atoms with Gasteiger partial charge in [-0.05, 0) is 12.5 Å². The number of hydrogen-bond donors (Lipinski definition) is 2. The number of aryl methyl sites for hydroxylation is 1. The van der Waals surface area contributed by atoms with Crippen molar-refractivity contribution in [2.24, 2.45) is 0 Å². The van der Waals surface area contributed by atoms with Crippen molar-refractivity contribution in [2.45, 2.75) is 11.9 Å². The SMILES string of the molecule is Cc1cccc(-c2c(SCCO)n[nH]c2-c2ccccc2)c1. The molecular weight excluding hydrogens is 292 g/mol. The van der Waals surface area contributed by atoms with Gasteiger partial charge < -0.3 is 5.11 Å². The second-order valence-corrected chi connectivity index (χ2v) is 6.17. The van der Waals surface area contributed by atoms with Crippen molar-refractivity contribution in [1.29, 1.82) is 0 Å². The number of aliphatic hydroxyl groups is 1. The zero-order chi connectivity index (χ0) is 15.4. The van der Waals surface area contributed by atoms with Crippen LogP contribution in [0.5, 0.6) is 0 Å². The molecule has 0 bridgehead atoms. The van der Waals surface area contributed by atoms with E-state index >= 15 is 0 Å². The summed E-state index contributed by atoms with van der Waals surface area (Å²) in [5.41, 5.74) is 5.60. The molecule has 22 heavy (non-hydrogen) atoms. The molecule has 0 atom stereocenters. The normalized spacial score (nSPS) is 10.8. The summed E-state index contributed by atoms with van der Waals surface area (Å²) in [4.78, 5) is 0. The molecule has 1 heterocycles. The molecule has 2 aromatic carbocycles. The number of nitrogens with one attached hydrogen (secondary N) is 1. The average molecular weight is 310 g/mol. The minimum atomic E-state index is 0.144. The molecule has 0 radical (unpaired) electrons. The largest absolute Gasteiger partial charge is 0.396 e. The van der Waals surface area contributed by atoms with E-state index in [1.54, 1.807) is 11.8 Å². The van der Waals surface area contributed by atoms with Crippen LogP contribution in [0.1, 0.15) is 5.56 Å². The molecule has 3 rings (SSSR count). The van der Waals surface area contributed by atoms with Crippen LogP contribution in [0.3, 0.4) is 0 Å². The molecule has 0 amide bonds. The molecule has 3 aromatic rings. The molecule has 0 aliphatic carbocycles. The van der Waals surface area contributed by atoms with E-state index in [1.807, 2.05) is 18.2 Å². The van der Waals surface area contributed by atoms with E-state index in [1.165, 1.54) is 5.56 Å². The standard InChI is InChI=1S/C18H18N2OS/c1-13-6-5-9-15(12-13)16-17(14-7-3-2-4-8-14)19-20-18(16)22-11-10-21/h2-9,12,21H,10-11H2,1H3,(H,19,20). The van der Waals surface area contributed by atoms with E-state index in [-0.39, 0.29) is 6.61 Å². The Morgan fingerprint density at radius 1 is 1.05 bits per heavy atom. The molecule has 0 aliphatic rings. The molecular formula is C18H18N2OS. The van der Waals surface area contributed by atoms with Crippen molar-refractivity contribution in [3.63, 3.8) is 0 Å². The van der Waals surface area contributed by atoms with Gasteiger partial charge in [-0.3, -0.25) is 5.10 Å². The maximum atomic E-state index is 9.10. The van der Waals surface area contributed by atoms with Crippen LogP contribution in [0, 0.1) is 6.92 Å². The predicted octanol–water partition coefficient (Wildman–Crippen LogP) is 4.14. The first-order chi connectivity index (χ1) is 10.8. The van der Waals surface area contributed by atoms with E-state index in [2.05, 4.69) is 53.5 Å². The van der Waals surface area contributed by atoms with Gasteiger partial charge >= 0.3 is 0 Å². The van der Waals surface area contributed by atoms with Gasteiger partial charge in [-0.2, -0.15) is 5.10 Å². The molecule has 0 unspecified atom stereocenters. The number of rotatable bonds is 5. The molecule has 112 valence electrons. The van der Waals surface area contributed by atoms with Gasteiger partial charge in [0.1, 0.15) is 5.03 Å². The highest BCUT2D eigenvalue weighted by Crippen LogP contribution is 2.37. The van der Waals surface area contributed by atoms with Crippen LogP contribution in [0.2, 0.25) is 0 Å². The minimum absolute atomic E-state index is 0.144. The van der Waals surface area contributed by atoms with Gasteiger partial charge in [-0.15, -0.1) is 11.8 Å². The Hall–Kier alpha value is -2.04. The first kappa shape index (κ1) is 14.9. The van der Waals surface area contributed by atoms with Crippen LogP contribution in [0.15, 0.2) is 59.6 Å². The molecule has 0 aliphatic heterocycles. The molecule has 0 fully saturated rings. The van der Waals surface area contributed by atoms with Gasteiger partial charge in [0.25, 0.3) is 0 Å². The highest BCUT2D eigenvalue weighted by molar-refractivity contribution is 7.99. The van der Waals surface area contributed by atoms with E-state index in [4.69, 9.17) is 5.11 Å². The molecule has 0 saturated heterocycles. The van der Waals surface area contributed by atoms with Crippen LogP contribution >= 0.6 is 11.8 Å². The molecule has 3 nitrogen and oxygen atoms in total. The molecule has 0 saturated carbocycles. The van der Waals surface area contributed by atoms with Crippen LogP contribution in [0.25, 0.3) is 22.4 Å². The fourth-order valence-electron chi connectivity index (χ4n) is 2.45. The van der Waals surface area contributed by atoms with E-state index < -0.39 is 0 Å².